The van der Waals surface area contributed by atoms with Crippen LogP contribution in [0.3, 0.4) is 0 Å². The molecule has 2 N–H and O–H groups in total. The summed E-state index contributed by atoms with van der Waals surface area (Å²) in [7, 11) is 0. The highest BCUT2D eigenvalue weighted by Crippen LogP contribution is 2.19. The predicted octanol–water partition coefficient (Wildman–Crippen LogP) is 2.04. The van der Waals surface area contributed by atoms with Gasteiger partial charge in [0.1, 0.15) is 0 Å². The van der Waals surface area contributed by atoms with Crippen molar-refractivity contribution in [3.63, 3.8) is 0 Å². The summed E-state index contributed by atoms with van der Waals surface area (Å²) in [5.74, 6) is -0.238. The second-order valence-electron chi connectivity index (χ2n) is 4.76. The van der Waals surface area contributed by atoms with Crippen LogP contribution in [0.1, 0.15) is 19.4 Å². The maximum absolute atomic E-state index is 12.1. The lowest BCUT2D eigenvalue weighted by atomic mass is 10.2. The van der Waals surface area contributed by atoms with Crippen LogP contribution in [-0.4, -0.2) is 42.9 Å². The number of hydrogen-bond donors (Lipinski definition) is 2. The molecule has 5 nitrogen and oxygen atoms in total. The summed E-state index contributed by atoms with van der Waals surface area (Å²) in [5, 5.41) is 6.12. The Kier molecular flexibility index (Phi) is 7.19. The Hall–Kier alpha value is -1.59. The molecule has 0 atom stereocenters. The van der Waals surface area contributed by atoms with Crippen molar-refractivity contribution in [2.75, 3.05) is 31.5 Å². The van der Waals surface area contributed by atoms with Crippen LogP contribution in [-0.2, 0) is 9.59 Å². The number of carbonyl (C=O) groups excluding carboxylic acids is 2. The van der Waals surface area contributed by atoms with Crippen molar-refractivity contribution >= 4 is 29.1 Å². The summed E-state index contributed by atoms with van der Waals surface area (Å²) < 4.78 is 0. The zero-order valence-corrected chi connectivity index (χ0v) is 13.5. The normalized spacial score (nSPS) is 10.5. The van der Waals surface area contributed by atoms with Crippen molar-refractivity contribution in [1.29, 1.82) is 0 Å². The smallest absolute Gasteiger partial charge is 0.238 e. The van der Waals surface area contributed by atoms with Gasteiger partial charge in [0.25, 0.3) is 0 Å². The Bertz CT molecular complexity index is 506. The van der Waals surface area contributed by atoms with Gasteiger partial charge in [-0.05, 0) is 38.1 Å². The van der Waals surface area contributed by atoms with Crippen LogP contribution in [0.5, 0.6) is 0 Å². The van der Waals surface area contributed by atoms with Gasteiger partial charge in [0, 0.05) is 17.3 Å². The van der Waals surface area contributed by atoms with E-state index in [0.717, 1.165) is 5.56 Å². The third-order valence-corrected chi connectivity index (χ3v) is 3.26. The fourth-order valence-corrected chi connectivity index (χ4v) is 2.03. The molecule has 0 saturated carbocycles. The summed E-state index contributed by atoms with van der Waals surface area (Å²) in [6, 6.07) is 5.35. The number of anilines is 1. The number of aryl methyl sites for hydroxylation is 1. The monoisotopic (exact) mass is 311 g/mol. The van der Waals surface area contributed by atoms with E-state index in [0.29, 0.717) is 23.8 Å². The van der Waals surface area contributed by atoms with Crippen LogP contribution < -0.4 is 10.6 Å². The van der Waals surface area contributed by atoms with Crippen LogP contribution in [0.4, 0.5) is 5.69 Å². The van der Waals surface area contributed by atoms with Gasteiger partial charge in [-0.3, -0.25) is 14.5 Å². The van der Waals surface area contributed by atoms with E-state index in [-0.39, 0.29) is 24.9 Å². The quantitative estimate of drug-likeness (QED) is 0.810. The van der Waals surface area contributed by atoms with Crippen molar-refractivity contribution in [2.24, 2.45) is 0 Å². The molecule has 1 aromatic carbocycles. The molecule has 0 fully saturated rings. The Labute approximate surface area is 130 Å². The molecule has 1 rings (SSSR count). The maximum atomic E-state index is 12.1. The summed E-state index contributed by atoms with van der Waals surface area (Å²) in [6.45, 7) is 7.27. The SMILES string of the molecule is CCNC(=O)CN(CC)CC(=O)Nc1cc(Cl)ccc1C. The van der Waals surface area contributed by atoms with Crippen LogP contribution in [0.25, 0.3) is 0 Å². The lowest BCUT2D eigenvalue weighted by molar-refractivity contribution is -0.123. The number of benzene rings is 1. The minimum Gasteiger partial charge on any atom is -0.355 e. The summed E-state index contributed by atoms with van der Waals surface area (Å²) in [5.41, 5.74) is 1.64. The number of likely N-dealkylation sites (N-methyl/N-ethyl adjacent to an activating group) is 2. The van der Waals surface area contributed by atoms with E-state index in [1.807, 2.05) is 26.8 Å². The third-order valence-electron chi connectivity index (χ3n) is 3.03. The van der Waals surface area contributed by atoms with Gasteiger partial charge in [0.15, 0.2) is 0 Å². The van der Waals surface area contributed by atoms with Crippen molar-refractivity contribution in [2.45, 2.75) is 20.8 Å². The molecule has 0 spiro atoms. The zero-order chi connectivity index (χ0) is 15.8. The van der Waals surface area contributed by atoms with Gasteiger partial charge in [-0.15, -0.1) is 0 Å². The molecular formula is C15H22ClN3O2. The molecule has 21 heavy (non-hydrogen) atoms. The van der Waals surface area contributed by atoms with Gasteiger partial charge in [-0.2, -0.15) is 0 Å². The first kappa shape index (κ1) is 17.5. The van der Waals surface area contributed by atoms with Gasteiger partial charge in [-0.1, -0.05) is 24.6 Å². The largest absolute Gasteiger partial charge is 0.355 e. The second-order valence-corrected chi connectivity index (χ2v) is 5.20. The summed E-state index contributed by atoms with van der Waals surface area (Å²) in [4.78, 5) is 25.4. The molecule has 0 heterocycles. The molecule has 6 heteroatoms. The van der Waals surface area contributed by atoms with Crippen molar-refractivity contribution < 1.29 is 9.59 Å². The average Bonchev–Trinajstić information content (AvgIpc) is 2.42. The van der Waals surface area contributed by atoms with Crippen molar-refractivity contribution in [1.82, 2.24) is 10.2 Å². The van der Waals surface area contributed by atoms with Gasteiger partial charge in [0.05, 0.1) is 13.1 Å². The fraction of sp³-hybridized carbons (Fsp3) is 0.467. The molecule has 0 saturated heterocycles. The Morgan fingerprint density at radius 2 is 1.86 bits per heavy atom. The molecule has 0 radical (unpaired) electrons. The third kappa shape index (κ3) is 6.14. The van der Waals surface area contributed by atoms with E-state index in [1.165, 1.54) is 0 Å². The first-order valence-electron chi connectivity index (χ1n) is 7.01. The number of halogens is 1. The molecular weight excluding hydrogens is 290 g/mol. The minimum absolute atomic E-state index is 0.0777. The lowest BCUT2D eigenvalue weighted by Gasteiger charge is -2.19. The number of nitrogens with zero attached hydrogens (tertiary/aromatic N) is 1. The molecule has 2 amide bonds. The molecule has 116 valence electrons. The number of hydrogen-bond acceptors (Lipinski definition) is 3. The Morgan fingerprint density at radius 1 is 1.19 bits per heavy atom. The summed E-state index contributed by atoms with van der Waals surface area (Å²) >= 11 is 5.92. The van der Waals surface area contributed by atoms with E-state index < -0.39 is 0 Å². The molecule has 0 aliphatic heterocycles. The molecule has 0 unspecified atom stereocenters. The van der Waals surface area contributed by atoms with E-state index in [1.54, 1.807) is 17.0 Å². The Balaban J connectivity index is 2.58. The molecule has 0 bridgehead atoms. The molecule has 0 aromatic heterocycles. The predicted molar refractivity (Wildman–Crippen MR) is 85.6 cm³/mol. The van der Waals surface area contributed by atoms with Gasteiger partial charge >= 0.3 is 0 Å². The van der Waals surface area contributed by atoms with Gasteiger partial charge < -0.3 is 10.6 Å². The lowest BCUT2D eigenvalue weighted by Crippen LogP contribution is -2.41. The number of amides is 2. The van der Waals surface area contributed by atoms with Crippen molar-refractivity contribution in [3.05, 3.63) is 28.8 Å². The van der Waals surface area contributed by atoms with Gasteiger partial charge in [-0.25, -0.2) is 0 Å². The molecule has 0 aliphatic carbocycles. The number of carbonyl (C=O) groups is 2. The first-order chi connectivity index (χ1) is 9.96. The highest BCUT2D eigenvalue weighted by Gasteiger charge is 2.13. The zero-order valence-electron chi connectivity index (χ0n) is 12.7. The van der Waals surface area contributed by atoms with E-state index in [4.69, 9.17) is 11.6 Å². The van der Waals surface area contributed by atoms with Crippen LogP contribution in [0, 0.1) is 6.92 Å². The minimum atomic E-state index is -0.161. The van der Waals surface area contributed by atoms with E-state index >= 15 is 0 Å². The van der Waals surface area contributed by atoms with E-state index in [2.05, 4.69) is 10.6 Å². The standard InChI is InChI=1S/C15H22ClN3O2/c1-4-17-14(20)9-19(5-2)10-15(21)18-13-8-12(16)7-6-11(13)3/h6-8H,4-5,9-10H2,1-3H3,(H,17,20)(H,18,21). The highest BCUT2D eigenvalue weighted by molar-refractivity contribution is 6.31. The van der Waals surface area contributed by atoms with Gasteiger partial charge in [0.2, 0.25) is 11.8 Å². The number of rotatable bonds is 7. The summed E-state index contributed by atoms with van der Waals surface area (Å²) in [6.07, 6.45) is 0. The van der Waals surface area contributed by atoms with Crippen LogP contribution in [0.15, 0.2) is 18.2 Å². The van der Waals surface area contributed by atoms with Crippen molar-refractivity contribution in [3.8, 4) is 0 Å². The topological polar surface area (TPSA) is 61.4 Å². The molecule has 1 aromatic rings. The average molecular weight is 312 g/mol. The number of nitrogens with one attached hydrogen (secondary N) is 2. The first-order valence-corrected chi connectivity index (χ1v) is 7.39. The molecule has 0 aliphatic rings. The second kappa shape index (κ2) is 8.64. The van der Waals surface area contributed by atoms with E-state index in [9.17, 15) is 9.59 Å². The maximum Gasteiger partial charge on any atom is 0.238 e. The highest BCUT2D eigenvalue weighted by atomic mass is 35.5. The van der Waals surface area contributed by atoms with Crippen LogP contribution >= 0.6 is 11.6 Å². The van der Waals surface area contributed by atoms with Crippen LogP contribution in [0.2, 0.25) is 5.02 Å². The fourth-order valence-electron chi connectivity index (χ4n) is 1.86. The Morgan fingerprint density at radius 3 is 2.48 bits per heavy atom.